The Balaban J connectivity index is 2.68. The van der Waals surface area contributed by atoms with Crippen molar-refractivity contribution >= 4 is 17.6 Å². The van der Waals surface area contributed by atoms with Gasteiger partial charge in [0.2, 0.25) is 0 Å². The lowest BCUT2D eigenvalue weighted by atomic mass is 10.0. The van der Waals surface area contributed by atoms with E-state index in [2.05, 4.69) is 5.32 Å². The van der Waals surface area contributed by atoms with Crippen LogP contribution in [0.1, 0.15) is 19.4 Å². The molecule has 3 nitrogen and oxygen atoms in total. The summed E-state index contributed by atoms with van der Waals surface area (Å²) in [6, 6.07) is 3.49. The zero-order chi connectivity index (χ0) is 13.0. The van der Waals surface area contributed by atoms with E-state index in [1.165, 1.54) is 12.1 Å². The van der Waals surface area contributed by atoms with Gasteiger partial charge in [-0.15, -0.1) is 0 Å². The second kappa shape index (κ2) is 5.98. The quantitative estimate of drug-likeness (QED) is 0.855. The Morgan fingerprint density at radius 1 is 1.47 bits per heavy atom. The van der Waals surface area contributed by atoms with Gasteiger partial charge in [-0.25, -0.2) is 4.39 Å². The van der Waals surface area contributed by atoms with Gasteiger partial charge >= 0.3 is 5.97 Å². The number of carboxylic acid groups (broad SMARTS) is 1. The van der Waals surface area contributed by atoms with Crippen LogP contribution in [-0.4, -0.2) is 17.1 Å². The molecule has 0 saturated heterocycles. The van der Waals surface area contributed by atoms with Gasteiger partial charge in [0.05, 0.1) is 0 Å². The second-order valence-electron chi connectivity index (χ2n) is 4.22. The van der Waals surface area contributed by atoms with Crippen LogP contribution in [0.5, 0.6) is 0 Å². The van der Waals surface area contributed by atoms with Crippen LogP contribution in [0.25, 0.3) is 0 Å². The topological polar surface area (TPSA) is 49.3 Å². The van der Waals surface area contributed by atoms with E-state index in [4.69, 9.17) is 16.7 Å². The summed E-state index contributed by atoms with van der Waals surface area (Å²) in [6.07, 6.45) is 0. The molecule has 0 spiro atoms. The zero-order valence-corrected chi connectivity index (χ0v) is 10.5. The van der Waals surface area contributed by atoms with Crippen molar-refractivity contribution in [2.75, 3.05) is 0 Å². The van der Waals surface area contributed by atoms with Gasteiger partial charge in [-0.3, -0.25) is 4.79 Å². The first-order valence-electron chi connectivity index (χ1n) is 5.31. The largest absolute Gasteiger partial charge is 0.480 e. The van der Waals surface area contributed by atoms with Crippen molar-refractivity contribution in [3.05, 3.63) is 34.6 Å². The average Bonchev–Trinajstić information content (AvgIpc) is 2.14. The predicted molar refractivity (Wildman–Crippen MR) is 64.5 cm³/mol. The maximum Gasteiger partial charge on any atom is 0.320 e. The molecule has 5 heteroatoms. The van der Waals surface area contributed by atoms with Crippen molar-refractivity contribution in [2.45, 2.75) is 26.4 Å². The summed E-state index contributed by atoms with van der Waals surface area (Å²) in [5, 5.41) is 12.1. The average molecular weight is 260 g/mol. The molecule has 1 aromatic carbocycles. The number of aliphatic carboxylic acids is 1. The number of rotatable bonds is 5. The van der Waals surface area contributed by atoms with Gasteiger partial charge < -0.3 is 10.4 Å². The van der Waals surface area contributed by atoms with E-state index >= 15 is 0 Å². The highest BCUT2D eigenvalue weighted by Crippen LogP contribution is 2.14. The lowest BCUT2D eigenvalue weighted by molar-refractivity contribution is -0.140. The summed E-state index contributed by atoms with van der Waals surface area (Å²) in [5.74, 6) is -1.38. The lowest BCUT2D eigenvalue weighted by Crippen LogP contribution is -2.40. The summed E-state index contributed by atoms with van der Waals surface area (Å²) in [6.45, 7) is 3.89. The Morgan fingerprint density at radius 3 is 2.59 bits per heavy atom. The molecular formula is C12H15ClFNO2. The monoisotopic (exact) mass is 259 g/mol. The fraction of sp³-hybridized carbons (Fsp3) is 0.417. The first kappa shape index (κ1) is 13.9. The van der Waals surface area contributed by atoms with Gasteiger partial charge in [0.25, 0.3) is 0 Å². The van der Waals surface area contributed by atoms with Crippen LogP contribution >= 0.6 is 11.6 Å². The molecule has 1 rings (SSSR count). The van der Waals surface area contributed by atoms with E-state index in [-0.39, 0.29) is 12.5 Å². The minimum Gasteiger partial charge on any atom is -0.480 e. The van der Waals surface area contributed by atoms with E-state index in [1.807, 2.05) is 13.8 Å². The molecule has 0 unspecified atom stereocenters. The zero-order valence-electron chi connectivity index (χ0n) is 9.71. The minimum atomic E-state index is -0.914. The van der Waals surface area contributed by atoms with Crippen LogP contribution in [0, 0.1) is 11.7 Å². The highest BCUT2D eigenvalue weighted by atomic mass is 35.5. The standard InChI is InChI=1S/C12H15ClFNO2/c1-7(2)11(12(16)17)15-6-8-3-9(13)5-10(14)4-8/h3-5,7,11,15H,6H2,1-2H3,(H,16,17)/t11-/m0/s1. The molecule has 0 bridgehead atoms. The third kappa shape index (κ3) is 4.32. The minimum absolute atomic E-state index is 0.0449. The molecule has 0 aliphatic carbocycles. The van der Waals surface area contributed by atoms with Crippen molar-refractivity contribution in [2.24, 2.45) is 5.92 Å². The smallest absolute Gasteiger partial charge is 0.320 e. The third-order valence-corrected chi connectivity index (χ3v) is 2.60. The van der Waals surface area contributed by atoms with Crippen LogP contribution in [0.3, 0.4) is 0 Å². The molecule has 0 heterocycles. The summed E-state index contributed by atoms with van der Waals surface area (Å²) in [7, 11) is 0. The lowest BCUT2D eigenvalue weighted by Gasteiger charge is -2.17. The molecule has 0 aliphatic rings. The molecular weight excluding hydrogens is 245 g/mol. The molecule has 17 heavy (non-hydrogen) atoms. The summed E-state index contributed by atoms with van der Waals surface area (Å²) >= 11 is 5.71. The molecule has 0 aromatic heterocycles. The van der Waals surface area contributed by atoms with Gasteiger partial charge in [0, 0.05) is 11.6 Å². The highest BCUT2D eigenvalue weighted by molar-refractivity contribution is 6.30. The van der Waals surface area contributed by atoms with Gasteiger partial charge in [-0.05, 0) is 29.7 Å². The van der Waals surface area contributed by atoms with Crippen LogP contribution in [0.15, 0.2) is 18.2 Å². The van der Waals surface area contributed by atoms with E-state index in [0.717, 1.165) is 0 Å². The van der Waals surface area contributed by atoms with E-state index in [1.54, 1.807) is 6.07 Å². The fourth-order valence-corrected chi connectivity index (χ4v) is 1.79. The van der Waals surface area contributed by atoms with Crippen LogP contribution in [0.4, 0.5) is 4.39 Å². The molecule has 0 fully saturated rings. The van der Waals surface area contributed by atoms with Crippen molar-refractivity contribution in [3.63, 3.8) is 0 Å². The van der Waals surface area contributed by atoms with Gasteiger partial charge in [0.1, 0.15) is 11.9 Å². The maximum absolute atomic E-state index is 13.0. The maximum atomic E-state index is 13.0. The Morgan fingerprint density at radius 2 is 2.12 bits per heavy atom. The Kier molecular flexibility index (Phi) is 4.90. The summed E-state index contributed by atoms with van der Waals surface area (Å²) in [4.78, 5) is 10.9. The normalized spacial score (nSPS) is 12.8. The predicted octanol–water partition coefficient (Wildman–Crippen LogP) is 2.68. The van der Waals surface area contributed by atoms with Crippen molar-refractivity contribution in [3.8, 4) is 0 Å². The van der Waals surface area contributed by atoms with E-state index in [9.17, 15) is 9.18 Å². The van der Waals surface area contributed by atoms with Crippen molar-refractivity contribution < 1.29 is 14.3 Å². The first-order valence-corrected chi connectivity index (χ1v) is 5.69. The van der Waals surface area contributed by atoms with Crippen LogP contribution < -0.4 is 5.32 Å². The van der Waals surface area contributed by atoms with Gasteiger partial charge in [-0.1, -0.05) is 25.4 Å². The van der Waals surface area contributed by atoms with Gasteiger partial charge in [-0.2, -0.15) is 0 Å². The Bertz CT molecular complexity index is 389. The summed E-state index contributed by atoms with van der Waals surface area (Å²) in [5.41, 5.74) is 0.627. The fourth-order valence-electron chi connectivity index (χ4n) is 1.55. The van der Waals surface area contributed by atoms with E-state index in [0.29, 0.717) is 10.6 Å². The SMILES string of the molecule is CC(C)[C@H](NCc1cc(F)cc(Cl)c1)C(=O)O. The first-order chi connectivity index (χ1) is 7.90. The highest BCUT2D eigenvalue weighted by Gasteiger charge is 2.20. The number of nitrogens with one attached hydrogen (secondary N) is 1. The van der Waals surface area contributed by atoms with Crippen molar-refractivity contribution in [1.29, 1.82) is 0 Å². The molecule has 0 saturated carbocycles. The van der Waals surface area contributed by atoms with Crippen molar-refractivity contribution in [1.82, 2.24) is 5.32 Å². The van der Waals surface area contributed by atoms with Gasteiger partial charge in [0.15, 0.2) is 0 Å². The third-order valence-electron chi connectivity index (χ3n) is 2.38. The number of benzene rings is 1. The number of hydrogen-bond acceptors (Lipinski definition) is 2. The van der Waals surface area contributed by atoms with E-state index < -0.39 is 17.8 Å². The van der Waals surface area contributed by atoms with Crippen LogP contribution in [0.2, 0.25) is 5.02 Å². The number of carbonyl (C=O) groups is 1. The molecule has 0 aliphatic heterocycles. The molecule has 94 valence electrons. The Hall–Kier alpha value is -1.13. The molecule has 2 N–H and O–H groups in total. The number of carboxylic acids is 1. The number of halogens is 2. The molecule has 1 atom stereocenters. The molecule has 1 aromatic rings. The molecule has 0 amide bonds. The van der Waals surface area contributed by atoms with Crippen LogP contribution in [-0.2, 0) is 11.3 Å². The molecule has 0 radical (unpaired) electrons. The Labute approximate surface area is 105 Å². The summed E-state index contributed by atoms with van der Waals surface area (Å²) < 4.78 is 13.0. The second-order valence-corrected chi connectivity index (χ2v) is 4.65. The number of hydrogen-bond donors (Lipinski definition) is 2.